The molecule has 0 aromatic carbocycles. The molecule has 0 bridgehead atoms. The van der Waals surface area contributed by atoms with E-state index in [4.69, 9.17) is 4.74 Å². The van der Waals surface area contributed by atoms with Gasteiger partial charge in [-0.15, -0.1) is 0 Å². The van der Waals surface area contributed by atoms with E-state index in [-0.39, 0.29) is 0 Å². The predicted molar refractivity (Wildman–Crippen MR) is 65.1 cm³/mol. The van der Waals surface area contributed by atoms with Crippen molar-refractivity contribution in [1.29, 1.82) is 0 Å². The summed E-state index contributed by atoms with van der Waals surface area (Å²) >= 11 is 0. The fourth-order valence-corrected chi connectivity index (χ4v) is 2.39. The van der Waals surface area contributed by atoms with Gasteiger partial charge >= 0.3 is 0 Å². The third kappa shape index (κ3) is 3.76. The lowest BCUT2D eigenvalue weighted by Crippen LogP contribution is -2.43. The van der Waals surface area contributed by atoms with E-state index in [1.54, 1.807) is 0 Å². The molecule has 2 nitrogen and oxygen atoms in total. The molecule has 1 aliphatic rings. The average Bonchev–Trinajstić information content (AvgIpc) is 2.33. The highest BCUT2D eigenvalue weighted by atomic mass is 16.5. The molecule has 0 aromatic heterocycles. The number of hydrogen-bond acceptors (Lipinski definition) is 2. The van der Waals surface area contributed by atoms with E-state index in [2.05, 4.69) is 26.1 Å². The minimum atomic E-state index is 0.511. The highest BCUT2D eigenvalue weighted by Crippen LogP contribution is 2.29. The third-order valence-electron chi connectivity index (χ3n) is 4.18. The highest BCUT2D eigenvalue weighted by molar-refractivity contribution is 4.80. The zero-order valence-corrected chi connectivity index (χ0v) is 10.6. The fourth-order valence-electron chi connectivity index (χ4n) is 2.39. The topological polar surface area (TPSA) is 21.3 Å². The summed E-state index contributed by atoms with van der Waals surface area (Å²) in [5.74, 6) is 0. The molecule has 0 spiro atoms. The Morgan fingerprint density at radius 3 is 2.33 bits per heavy atom. The van der Waals surface area contributed by atoms with Crippen molar-refractivity contribution in [3.8, 4) is 0 Å². The van der Waals surface area contributed by atoms with E-state index >= 15 is 0 Å². The maximum atomic E-state index is 5.49. The van der Waals surface area contributed by atoms with E-state index in [0.29, 0.717) is 11.5 Å². The molecule has 1 aliphatic heterocycles. The molecule has 1 rings (SSSR count). The van der Waals surface area contributed by atoms with Crippen LogP contribution in [-0.4, -0.2) is 25.8 Å². The first-order chi connectivity index (χ1) is 7.26. The van der Waals surface area contributed by atoms with Gasteiger partial charge < -0.3 is 10.1 Å². The van der Waals surface area contributed by atoms with Gasteiger partial charge in [0.15, 0.2) is 0 Å². The average molecular weight is 213 g/mol. The van der Waals surface area contributed by atoms with Crippen molar-refractivity contribution < 1.29 is 4.74 Å². The molecule has 1 fully saturated rings. The van der Waals surface area contributed by atoms with Crippen LogP contribution in [0.3, 0.4) is 0 Å². The van der Waals surface area contributed by atoms with Crippen molar-refractivity contribution in [2.24, 2.45) is 5.41 Å². The summed E-state index contributed by atoms with van der Waals surface area (Å²) in [5.41, 5.74) is 0.511. The second-order valence-electron chi connectivity index (χ2n) is 4.86. The molecule has 0 saturated carbocycles. The normalized spacial score (nSPS) is 23.0. The largest absolute Gasteiger partial charge is 0.380 e. The first-order valence-electron chi connectivity index (χ1n) is 6.57. The smallest absolute Gasteiger partial charge is 0.0619 e. The first-order valence-corrected chi connectivity index (χ1v) is 6.57. The Hall–Kier alpha value is -0.0800. The Bertz CT molecular complexity index is 152. The quantitative estimate of drug-likeness (QED) is 0.732. The molecule has 1 unspecified atom stereocenters. The molecule has 2 heteroatoms. The van der Waals surface area contributed by atoms with Crippen LogP contribution in [-0.2, 0) is 4.74 Å². The number of nitrogens with one attached hydrogen (secondary N) is 1. The second-order valence-corrected chi connectivity index (χ2v) is 4.86. The van der Waals surface area contributed by atoms with Crippen LogP contribution in [0.1, 0.15) is 52.9 Å². The van der Waals surface area contributed by atoms with Gasteiger partial charge in [-0.3, -0.25) is 0 Å². The van der Waals surface area contributed by atoms with E-state index in [1.165, 1.54) is 32.1 Å². The standard InChI is InChI=1S/C13H27NO/c1-4-13(5-2,6-3)11-14-12-8-7-9-15-10-12/h12,14H,4-11H2,1-3H3. The number of rotatable bonds is 6. The van der Waals surface area contributed by atoms with E-state index < -0.39 is 0 Å². The van der Waals surface area contributed by atoms with Gasteiger partial charge in [0.1, 0.15) is 0 Å². The Morgan fingerprint density at radius 2 is 1.87 bits per heavy atom. The summed E-state index contributed by atoms with van der Waals surface area (Å²) < 4.78 is 5.49. The van der Waals surface area contributed by atoms with Crippen molar-refractivity contribution >= 4 is 0 Å². The summed E-state index contributed by atoms with van der Waals surface area (Å²) in [6, 6.07) is 0.600. The molecule has 0 amide bonds. The maximum Gasteiger partial charge on any atom is 0.0619 e. The molecule has 0 radical (unpaired) electrons. The lowest BCUT2D eigenvalue weighted by Gasteiger charge is -2.34. The molecule has 0 aliphatic carbocycles. The minimum absolute atomic E-state index is 0.511. The molecule has 0 aromatic rings. The van der Waals surface area contributed by atoms with Crippen molar-refractivity contribution in [1.82, 2.24) is 5.32 Å². The van der Waals surface area contributed by atoms with E-state index in [1.807, 2.05) is 0 Å². The molecule has 90 valence electrons. The van der Waals surface area contributed by atoms with Crippen LogP contribution >= 0.6 is 0 Å². The predicted octanol–water partition coefficient (Wildman–Crippen LogP) is 2.97. The monoisotopic (exact) mass is 213 g/mol. The van der Waals surface area contributed by atoms with Crippen LogP contribution in [0.5, 0.6) is 0 Å². The van der Waals surface area contributed by atoms with Crippen LogP contribution in [0.25, 0.3) is 0 Å². The van der Waals surface area contributed by atoms with Gasteiger partial charge in [-0.05, 0) is 37.5 Å². The van der Waals surface area contributed by atoms with Crippen molar-refractivity contribution in [2.45, 2.75) is 58.9 Å². The lowest BCUT2D eigenvalue weighted by atomic mass is 9.79. The zero-order valence-electron chi connectivity index (χ0n) is 10.6. The van der Waals surface area contributed by atoms with Crippen LogP contribution in [0.2, 0.25) is 0 Å². The summed E-state index contributed by atoms with van der Waals surface area (Å²) in [4.78, 5) is 0. The molecular weight excluding hydrogens is 186 g/mol. The highest BCUT2D eigenvalue weighted by Gasteiger charge is 2.25. The summed E-state index contributed by atoms with van der Waals surface area (Å²) in [6.07, 6.45) is 6.34. The Morgan fingerprint density at radius 1 is 1.20 bits per heavy atom. The van der Waals surface area contributed by atoms with E-state index in [9.17, 15) is 0 Å². The molecular formula is C13H27NO. The third-order valence-corrected chi connectivity index (χ3v) is 4.18. The van der Waals surface area contributed by atoms with Gasteiger partial charge in [0.05, 0.1) is 6.61 Å². The summed E-state index contributed by atoms with van der Waals surface area (Å²) in [5, 5.41) is 3.69. The second kappa shape index (κ2) is 6.49. The molecule has 1 atom stereocenters. The Labute approximate surface area is 94.8 Å². The van der Waals surface area contributed by atoms with Crippen molar-refractivity contribution in [2.75, 3.05) is 19.8 Å². The molecule has 1 N–H and O–H groups in total. The van der Waals surface area contributed by atoms with Crippen molar-refractivity contribution in [3.05, 3.63) is 0 Å². The lowest BCUT2D eigenvalue weighted by molar-refractivity contribution is 0.0643. The number of ether oxygens (including phenoxy) is 1. The van der Waals surface area contributed by atoms with Gasteiger partial charge in [0.2, 0.25) is 0 Å². The molecule has 15 heavy (non-hydrogen) atoms. The number of hydrogen-bond donors (Lipinski definition) is 1. The SMILES string of the molecule is CCC(CC)(CC)CNC1CCCOC1. The van der Waals surface area contributed by atoms with Crippen molar-refractivity contribution in [3.63, 3.8) is 0 Å². The van der Waals surface area contributed by atoms with Gasteiger partial charge in [-0.1, -0.05) is 20.8 Å². The van der Waals surface area contributed by atoms with Crippen LogP contribution < -0.4 is 5.32 Å². The fraction of sp³-hybridized carbons (Fsp3) is 1.00. The molecule has 1 heterocycles. The Balaban J connectivity index is 2.31. The van der Waals surface area contributed by atoms with Crippen LogP contribution in [0.4, 0.5) is 0 Å². The minimum Gasteiger partial charge on any atom is -0.380 e. The van der Waals surface area contributed by atoms with Crippen LogP contribution in [0.15, 0.2) is 0 Å². The van der Waals surface area contributed by atoms with Gasteiger partial charge in [0.25, 0.3) is 0 Å². The summed E-state index contributed by atoms with van der Waals surface area (Å²) in [7, 11) is 0. The van der Waals surface area contributed by atoms with E-state index in [0.717, 1.165) is 19.8 Å². The van der Waals surface area contributed by atoms with Crippen LogP contribution in [0, 0.1) is 5.41 Å². The zero-order chi connectivity index (χ0) is 11.1. The Kier molecular flexibility index (Phi) is 5.62. The van der Waals surface area contributed by atoms with Gasteiger partial charge in [-0.2, -0.15) is 0 Å². The van der Waals surface area contributed by atoms with Gasteiger partial charge in [0, 0.05) is 19.2 Å². The summed E-state index contributed by atoms with van der Waals surface area (Å²) in [6.45, 7) is 9.96. The van der Waals surface area contributed by atoms with Gasteiger partial charge in [-0.25, -0.2) is 0 Å². The maximum absolute atomic E-state index is 5.49. The first kappa shape index (κ1) is 13.0. The molecule has 1 saturated heterocycles.